The quantitative estimate of drug-likeness (QED) is 0.740. The molecule has 0 atom stereocenters. The highest BCUT2D eigenvalue weighted by atomic mass is 35.5. The number of benzene rings is 1. The van der Waals surface area contributed by atoms with E-state index in [1.54, 1.807) is 23.1 Å². The Morgan fingerprint density at radius 2 is 1.81 bits per heavy atom. The molecule has 0 spiro atoms. The van der Waals surface area contributed by atoms with Crippen LogP contribution in [0.5, 0.6) is 0 Å². The molecule has 1 fully saturated rings. The zero-order valence-electron chi connectivity index (χ0n) is 14.8. The van der Waals surface area contributed by atoms with E-state index >= 15 is 0 Å². The van der Waals surface area contributed by atoms with Gasteiger partial charge in [-0.15, -0.1) is 5.10 Å². The lowest BCUT2D eigenvalue weighted by Crippen LogP contribution is -2.36. The fraction of sp³-hybridized carbons (Fsp3) is 0.300. The van der Waals surface area contributed by atoms with Crippen LogP contribution in [-0.4, -0.2) is 31.9 Å². The van der Waals surface area contributed by atoms with Crippen LogP contribution in [0.15, 0.2) is 48.8 Å². The maximum Gasteiger partial charge on any atom is 0.274 e. The first kappa shape index (κ1) is 17.7. The second-order valence-corrected chi connectivity index (χ2v) is 7.10. The van der Waals surface area contributed by atoms with Crippen LogP contribution in [0.4, 0.5) is 0 Å². The van der Waals surface area contributed by atoms with E-state index in [1.807, 2.05) is 30.3 Å². The van der Waals surface area contributed by atoms with E-state index in [2.05, 4.69) is 20.6 Å². The molecule has 1 aliphatic carbocycles. The van der Waals surface area contributed by atoms with Crippen molar-refractivity contribution in [1.82, 2.24) is 25.3 Å². The van der Waals surface area contributed by atoms with Crippen LogP contribution in [-0.2, 0) is 0 Å². The Kier molecular flexibility index (Phi) is 5.16. The molecule has 0 bridgehead atoms. The Hall–Kier alpha value is -2.73. The van der Waals surface area contributed by atoms with Crippen LogP contribution in [0.2, 0.25) is 5.02 Å². The highest BCUT2D eigenvalue weighted by molar-refractivity contribution is 6.32. The molecule has 6 nitrogen and oxygen atoms in total. The summed E-state index contributed by atoms with van der Waals surface area (Å²) in [6, 6.07) is 11.2. The van der Waals surface area contributed by atoms with E-state index in [4.69, 9.17) is 11.6 Å². The fourth-order valence-corrected chi connectivity index (χ4v) is 3.71. The van der Waals surface area contributed by atoms with Crippen molar-refractivity contribution in [1.29, 1.82) is 0 Å². The highest BCUT2D eigenvalue weighted by Crippen LogP contribution is 2.28. The Morgan fingerprint density at radius 3 is 2.56 bits per heavy atom. The van der Waals surface area contributed by atoms with Crippen molar-refractivity contribution in [3.63, 3.8) is 0 Å². The molecular weight excluding hydrogens is 362 g/mol. The fourth-order valence-electron chi connectivity index (χ4n) is 3.50. The Bertz CT molecular complexity index is 935. The summed E-state index contributed by atoms with van der Waals surface area (Å²) >= 11 is 6.36. The largest absolute Gasteiger partial charge is 0.348 e. The molecule has 3 aromatic rings. The minimum atomic E-state index is -0.202. The molecule has 138 valence electrons. The first-order valence-corrected chi connectivity index (χ1v) is 9.53. The van der Waals surface area contributed by atoms with Crippen LogP contribution < -0.4 is 5.32 Å². The lowest BCUT2D eigenvalue weighted by molar-refractivity contribution is 0.0923. The number of nitrogens with one attached hydrogen (secondary N) is 1. The summed E-state index contributed by atoms with van der Waals surface area (Å²) in [4.78, 5) is 17.0. The van der Waals surface area contributed by atoms with E-state index < -0.39 is 0 Å². The third-order valence-corrected chi connectivity index (χ3v) is 5.18. The van der Waals surface area contributed by atoms with Crippen LogP contribution in [0.1, 0.15) is 42.6 Å². The second kappa shape index (κ2) is 7.88. The van der Waals surface area contributed by atoms with Crippen LogP contribution >= 0.6 is 11.6 Å². The van der Waals surface area contributed by atoms with Crippen molar-refractivity contribution >= 4 is 17.5 Å². The van der Waals surface area contributed by atoms with Gasteiger partial charge >= 0.3 is 0 Å². The van der Waals surface area contributed by atoms with Gasteiger partial charge in [0, 0.05) is 24.0 Å². The first-order chi connectivity index (χ1) is 13.2. The molecule has 0 aliphatic heterocycles. The van der Waals surface area contributed by atoms with Crippen molar-refractivity contribution in [3.8, 4) is 16.9 Å². The molecule has 7 heteroatoms. The summed E-state index contributed by atoms with van der Waals surface area (Å²) in [5.41, 5.74) is 2.39. The molecule has 1 N–H and O–H groups in total. The number of aromatic nitrogens is 4. The number of nitrogens with zero attached hydrogens (tertiary/aromatic N) is 4. The summed E-state index contributed by atoms with van der Waals surface area (Å²) in [7, 11) is 0. The molecular formula is C20H20ClN5O. The molecule has 0 saturated heterocycles. The number of carbonyl (C=O) groups is 1. The van der Waals surface area contributed by atoms with Crippen LogP contribution in [0, 0.1) is 0 Å². The number of hydrogen-bond acceptors (Lipinski definition) is 4. The molecule has 1 saturated carbocycles. The topological polar surface area (TPSA) is 72.7 Å². The lowest BCUT2D eigenvalue weighted by atomic mass is 9.95. The van der Waals surface area contributed by atoms with Gasteiger partial charge in [0.1, 0.15) is 5.69 Å². The monoisotopic (exact) mass is 381 g/mol. The molecule has 0 unspecified atom stereocenters. The third-order valence-electron chi connectivity index (χ3n) is 4.86. The average molecular weight is 382 g/mol. The van der Waals surface area contributed by atoms with Crippen LogP contribution in [0.3, 0.4) is 0 Å². The molecule has 4 rings (SSSR count). The SMILES string of the molecule is O=C(NC1CCCCC1)c1nnn(-c2ccccc2Cl)c1-c1ccncc1. The lowest BCUT2D eigenvalue weighted by Gasteiger charge is -2.22. The van der Waals surface area contributed by atoms with E-state index in [0.29, 0.717) is 22.1 Å². The zero-order chi connectivity index (χ0) is 18.6. The van der Waals surface area contributed by atoms with Gasteiger partial charge in [-0.25, -0.2) is 4.68 Å². The Morgan fingerprint density at radius 1 is 1.07 bits per heavy atom. The van der Waals surface area contributed by atoms with Crippen molar-refractivity contribution < 1.29 is 4.79 Å². The van der Waals surface area contributed by atoms with Crippen molar-refractivity contribution in [2.45, 2.75) is 38.1 Å². The number of amides is 1. The van der Waals surface area contributed by atoms with E-state index in [9.17, 15) is 4.79 Å². The van der Waals surface area contributed by atoms with E-state index in [0.717, 1.165) is 31.2 Å². The van der Waals surface area contributed by atoms with E-state index in [1.165, 1.54) is 6.42 Å². The van der Waals surface area contributed by atoms with Gasteiger partial charge in [0.2, 0.25) is 0 Å². The molecule has 27 heavy (non-hydrogen) atoms. The van der Waals surface area contributed by atoms with Gasteiger partial charge in [0.15, 0.2) is 5.69 Å². The summed E-state index contributed by atoms with van der Waals surface area (Å²) < 4.78 is 1.62. The highest BCUT2D eigenvalue weighted by Gasteiger charge is 2.25. The second-order valence-electron chi connectivity index (χ2n) is 6.69. The average Bonchev–Trinajstić information content (AvgIpc) is 3.15. The first-order valence-electron chi connectivity index (χ1n) is 9.16. The normalized spacial score (nSPS) is 14.9. The summed E-state index contributed by atoms with van der Waals surface area (Å²) in [6.45, 7) is 0. The number of pyridine rings is 1. The molecule has 1 amide bonds. The van der Waals surface area contributed by atoms with Gasteiger partial charge in [0.25, 0.3) is 5.91 Å². The minimum absolute atomic E-state index is 0.196. The van der Waals surface area contributed by atoms with Gasteiger partial charge in [-0.3, -0.25) is 9.78 Å². The Labute approximate surface area is 162 Å². The van der Waals surface area contributed by atoms with Crippen molar-refractivity contribution in [3.05, 3.63) is 59.5 Å². The predicted octanol–water partition coefficient (Wildman–Crippen LogP) is 4.05. The number of carbonyl (C=O) groups excluding carboxylic acids is 1. The van der Waals surface area contributed by atoms with Crippen molar-refractivity contribution in [2.24, 2.45) is 0 Å². The zero-order valence-corrected chi connectivity index (χ0v) is 15.6. The summed E-state index contributed by atoms with van der Waals surface area (Å²) in [5.74, 6) is -0.202. The molecule has 2 aromatic heterocycles. The Balaban J connectivity index is 1.76. The smallest absolute Gasteiger partial charge is 0.274 e. The molecule has 1 aromatic carbocycles. The third kappa shape index (κ3) is 3.71. The summed E-state index contributed by atoms with van der Waals surface area (Å²) in [6.07, 6.45) is 8.91. The molecule has 2 heterocycles. The predicted molar refractivity (Wildman–Crippen MR) is 104 cm³/mol. The number of para-hydroxylation sites is 1. The van der Waals surface area contributed by atoms with E-state index in [-0.39, 0.29) is 11.9 Å². The van der Waals surface area contributed by atoms with Gasteiger partial charge in [-0.05, 0) is 37.1 Å². The standard InChI is InChI=1S/C20H20ClN5O/c21-16-8-4-5-9-17(16)26-19(14-10-12-22-13-11-14)18(24-25-26)20(27)23-15-6-2-1-3-7-15/h4-5,8-13,15H,1-3,6-7H2,(H,23,27). The maximum atomic E-state index is 13.0. The van der Waals surface area contributed by atoms with Gasteiger partial charge in [0.05, 0.1) is 10.7 Å². The molecule has 1 aliphatic rings. The maximum absolute atomic E-state index is 13.0. The minimum Gasteiger partial charge on any atom is -0.348 e. The van der Waals surface area contributed by atoms with Gasteiger partial charge in [-0.1, -0.05) is 48.2 Å². The molecule has 0 radical (unpaired) electrons. The van der Waals surface area contributed by atoms with Crippen molar-refractivity contribution in [2.75, 3.05) is 0 Å². The number of hydrogen-bond donors (Lipinski definition) is 1. The van der Waals surface area contributed by atoms with Gasteiger partial charge in [-0.2, -0.15) is 0 Å². The number of rotatable bonds is 4. The number of halogens is 1. The van der Waals surface area contributed by atoms with Gasteiger partial charge < -0.3 is 5.32 Å². The summed E-state index contributed by atoms with van der Waals surface area (Å²) in [5, 5.41) is 12.1. The van der Waals surface area contributed by atoms with Crippen LogP contribution in [0.25, 0.3) is 16.9 Å².